The first kappa shape index (κ1) is 13.2. The van der Waals surface area contributed by atoms with Crippen molar-refractivity contribution in [2.75, 3.05) is 5.73 Å². The Balaban J connectivity index is 1.82. The molecule has 0 aliphatic rings. The lowest BCUT2D eigenvalue weighted by molar-refractivity contribution is 0.483. The fraction of sp³-hybridized carbons (Fsp3) is 0. The zero-order valence-corrected chi connectivity index (χ0v) is 11.3. The number of nitrogen functional groups attached to an aromatic ring is 1. The van der Waals surface area contributed by atoms with Crippen LogP contribution < -0.4 is 10.5 Å². The van der Waals surface area contributed by atoms with Crippen LogP contribution in [0.5, 0.6) is 11.5 Å². The molecule has 2 nitrogen and oxygen atoms in total. The van der Waals surface area contributed by atoms with Crippen LogP contribution in [-0.2, 0) is 0 Å². The normalized spacial score (nSPS) is 10.3. The molecule has 0 radical (unpaired) electrons. The molecule has 0 aliphatic carbocycles. The maximum Gasteiger partial charge on any atom is 0.146 e. The highest BCUT2D eigenvalue weighted by atomic mass is 19.1. The summed E-state index contributed by atoms with van der Waals surface area (Å²) in [4.78, 5) is 0. The SMILES string of the molecule is Nc1ccc(-c2ccc(Oc3ccccc3)cc2)cc1F. The summed E-state index contributed by atoms with van der Waals surface area (Å²) in [5, 5.41) is 0. The van der Waals surface area contributed by atoms with E-state index in [9.17, 15) is 4.39 Å². The van der Waals surface area contributed by atoms with Crippen molar-refractivity contribution in [3.8, 4) is 22.6 Å². The van der Waals surface area contributed by atoms with Gasteiger partial charge in [0.05, 0.1) is 5.69 Å². The Labute approximate surface area is 122 Å². The number of hydrogen-bond donors (Lipinski definition) is 1. The average molecular weight is 279 g/mol. The van der Waals surface area contributed by atoms with Crippen LogP contribution in [0.15, 0.2) is 72.8 Å². The predicted octanol–water partition coefficient (Wildman–Crippen LogP) is 4.87. The van der Waals surface area contributed by atoms with E-state index in [4.69, 9.17) is 10.5 Å². The maximum absolute atomic E-state index is 13.5. The van der Waals surface area contributed by atoms with Crippen LogP contribution in [0.2, 0.25) is 0 Å². The Hall–Kier alpha value is -2.81. The third-order valence-electron chi connectivity index (χ3n) is 3.17. The first-order valence-electron chi connectivity index (χ1n) is 6.61. The van der Waals surface area contributed by atoms with Gasteiger partial charge in [-0.1, -0.05) is 36.4 Å². The molecule has 3 rings (SSSR count). The van der Waals surface area contributed by atoms with Crippen molar-refractivity contribution in [1.29, 1.82) is 0 Å². The molecule has 0 amide bonds. The monoisotopic (exact) mass is 279 g/mol. The Morgan fingerprint density at radius 1 is 0.714 bits per heavy atom. The molecule has 104 valence electrons. The van der Waals surface area contributed by atoms with E-state index < -0.39 is 5.82 Å². The second-order valence-electron chi connectivity index (χ2n) is 4.68. The number of ether oxygens (including phenoxy) is 1. The second kappa shape index (κ2) is 5.67. The van der Waals surface area contributed by atoms with Crippen LogP contribution in [0.25, 0.3) is 11.1 Å². The Bertz CT molecular complexity index is 739. The van der Waals surface area contributed by atoms with Crippen LogP contribution in [0.3, 0.4) is 0 Å². The number of hydrogen-bond acceptors (Lipinski definition) is 2. The van der Waals surface area contributed by atoms with E-state index in [2.05, 4.69) is 0 Å². The van der Waals surface area contributed by atoms with E-state index in [1.54, 1.807) is 12.1 Å². The van der Waals surface area contributed by atoms with Crippen LogP contribution in [0.1, 0.15) is 0 Å². The summed E-state index contributed by atoms with van der Waals surface area (Å²) in [5.41, 5.74) is 7.33. The molecule has 0 fully saturated rings. The molecule has 3 heteroatoms. The average Bonchev–Trinajstić information content (AvgIpc) is 2.52. The van der Waals surface area contributed by atoms with Crippen molar-refractivity contribution in [1.82, 2.24) is 0 Å². The summed E-state index contributed by atoms with van der Waals surface area (Å²) in [6.45, 7) is 0. The van der Waals surface area contributed by atoms with Gasteiger partial charge in [0.1, 0.15) is 17.3 Å². The van der Waals surface area contributed by atoms with Crippen LogP contribution in [0.4, 0.5) is 10.1 Å². The number of halogens is 1. The van der Waals surface area contributed by atoms with Gasteiger partial charge in [0.2, 0.25) is 0 Å². The summed E-state index contributed by atoms with van der Waals surface area (Å²) in [5.74, 6) is 1.11. The summed E-state index contributed by atoms with van der Waals surface area (Å²) < 4.78 is 19.2. The summed E-state index contributed by atoms with van der Waals surface area (Å²) in [6, 6.07) is 21.9. The number of para-hydroxylation sites is 1. The van der Waals surface area contributed by atoms with Gasteiger partial charge >= 0.3 is 0 Å². The highest BCUT2D eigenvalue weighted by molar-refractivity contribution is 5.66. The van der Waals surface area contributed by atoms with Crippen molar-refractivity contribution < 1.29 is 9.13 Å². The molecule has 0 unspecified atom stereocenters. The maximum atomic E-state index is 13.5. The van der Waals surface area contributed by atoms with Gasteiger partial charge in [-0.25, -0.2) is 4.39 Å². The van der Waals surface area contributed by atoms with Crippen molar-refractivity contribution >= 4 is 5.69 Å². The number of anilines is 1. The molecule has 0 aromatic heterocycles. The molecule has 3 aromatic carbocycles. The van der Waals surface area contributed by atoms with Gasteiger partial charge in [0.15, 0.2) is 0 Å². The molecule has 0 saturated heterocycles. The minimum atomic E-state index is -0.405. The topological polar surface area (TPSA) is 35.2 Å². The lowest BCUT2D eigenvalue weighted by atomic mass is 10.1. The molecular weight excluding hydrogens is 265 g/mol. The lowest BCUT2D eigenvalue weighted by Gasteiger charge is -2.07. The minimum Gasteiger partial charge on any atom is -0.457 e. The van der Waals surface area contributed by atoms with Gasteiger partial charge in [-0.15, -0.1) is 0 Å². The van der Waals surface area contributed by atoms with Crippen LogP contribution in [-0.4, -0.2) is 0 Å². The molecule has 2 N–H and O–H groups in total. The van der Waals surface area contributed by atoms with Gasteiger partial charge in [0, 0.05) is 0 Å². The quantitative estimate of drug-likeness (QED) is 0.694. The summed E-state index contributed by atoms with van der Waals surface area (Å²) in [6.07, 6.45) is 0. The van der Waals surface area contributed by atoms with E-state index >= 15 is 0 Å². The van der Waals surface area contributed by atoms with Gasteiger partial charge < -0.3 is 10.5 Å². The van der Waals surface area contributed by atoms with E-state index in [0.29, 0.717) is 0 Å². The first-order chi connectivity index (χ1) is 10.2. The van der Waals surface area contributed by atoms with Gasteiger partial charge in [-0.2, -0.15) is 0 Å². The summed E-state index contributed by atoms with van der Waals surface area (Å²) >= 11 is 0. The van der Waals surface area contributed by atoms with E-state index in [1.165, 1.54) is 6.07 Å². The smallest absolute Gasteiger partial charge is 0.146 e. The Morgan fingerprint density at radius 3 is 2.00 bits per heavy atom. The molecule has 0 spiro atoms. The van der Waals surface area contributed by atoms with Crippen LogP contribution in [0, 0.1) is 5.82 Å². The predicted molar refractivity (Wildman–Crippen MR) is 82.8 cm³/mol. The fourth-order valence-electron chi connectivity index (χ4n) is 2.05. The number of rotatable bonds is 3. The zero-order valence-electron chi connectivity index (χ0n) is 11.3. The molecule has 0 bridgehead atoms. The van der Waals surface area contributed by atoms with E-state index in [-0.39, 0.29) is 5.69 Å². The Kier molecular flexibility index (Phi) is 3.56. The molecular formula is C18H14FNO. The van der Waals surface area contributed by atoms with Crippen molar-refractivity contribution in [2.45, 2.75) is 0 Å². The van der Waals surface area contributed by atoms with Crippen molar-refractivity contribution in [3.05, 3.63) is 78.6 Å². The lowest BCUT2D eigenvalue weighted by Crippen LogP contribution is -1.90. The first-order valence-corrected chi connectivity index (χ1v) is 6.61. The number of nitrogens with two attached hydrogens (primary N) is 1. The molecule has 0 heterocycles. The zero-order chi connectivity index (χ0) is 14.7. The highest BCUT2D eigenvalue weighted by Crippen LogP contribution is 2.27. The van der Waals surface area contributed by atoms with E-state index in [1.807, 2.05) is 54.6 Å². The highest BCUT2D eigenvalue weighted by Gasteiger charge is 2.03. The fourth-order valence-corrected chi connectivity index (χ4v) is 2.05. The van der Waals surface area contributed by atoms with Crippen LogP contribution >= 0.6 is 0 Å². The minimum absolute atomic E-state index is 0.155. The molecule has 0 saturated carbocycles. The molecule has 0 atom stereocenters. The van der Waals surface area contributed by atoms with Crippen molar-refractivity contribution in [3.63, 3.8) is 0 Å². The molecule has 21 heavy (non-hydrogen) atoms. The third kappa shape index (κ3) is 3.03. The third-order valence-corrected chi connectivity index (χ3v) is 3.17. The van der Waals surface area contributed by atoms with Crippen molar-refractivity contribution in [2.24, 2.45) is 0 Å². The largest absolute Gasteiger partial charge is 0.457 e. The van der Waals surface area contributed by atoms with E-state index in [0.717, 1.165) is 22.6 Å². The molecule has 0 aliphatic heterocycles. The standard InChI is InChI=1S/C18H14FNO/c19-17-12-14(8-11-18(17)20)13-6-9-16(10-7-13)21-15-4-2-1-3-5-15/h1-12H,20H2. The second-order valence-corrected chi connectivity index (χ2v) is 4.68. The Morgan fingerprint density at radius 2 is 1.33 bits per heavy atom. The summed E-state index contributed by atoms with van der Waals surface area (Å²) in [7, 11) is 0. The van der Waals surface area contributed by atoms with Gasteiger partial charge in [0.25, 0.3) is 0 Å². The number of benzene rings is 3. The molecule has 3 aromatic rings. The van der Waals surface area contributed by atoms with Gasteiger partial charge in [-0.05, 0) is 47.5 Å². The van der Waals surface area contributed by atoms with Gasteiger partial charge in [-0.3, -0.25) is 0 Å².